The first-order valence-electron chi connectivity index (χ1n) is 13.0. The summed E-state index contributed by atoms with van der Waals surface area (Å²) >= 11 is 0. The Hall–Kier alpha value is -1.06. The van der Waals surface area contributed by atoms with Gasteiger partial charge in [-0.25, -0.2) is 0 Å². The van der Waals surface area contributed by atoms with Gasteiger partial charge in [0.2, 0.25) is 0 Å². The highest BCUT2D eigenvalue weighted by Crippen LogP contribution is 2.31. The Bertz CT molecular complexity index is 687. The third-order valence-electron chi connectivity index (χ3n) is 7.95. The first kappa shape index (κ1) is 32.0. The van der Waals surface area contributed by atoms with Crippen LogP contribution in [-0.4, -0.2) is 73.9 Å². The maximum absolute atomic E-state index is 10.9. The first-order valence-corrected chi connectivity index (χ1v) is 13.0. The fourth-order valence-electron chi connectivity index (χ4n) is 4.88. The van der Waals surface area contributed by atoms with Crippen molar-refractivity contribution in [3.63, 3.8) is 0 Å². The number of aliphatic hydroxyl groups excluding tert-OH is 6. The van der Waals surface area contributed by atoms with E-state index in [0.29, 0.717) is 19.6 Å². The van der Waals surface area contributed by atoms with Crippen LogP contribution in [0.4, 0.5) is 0 Å². The summed E-state index contributed by atoms with van der Waals surface area (Å²) in [6.07, 6.45) is -5.06. The second-order valence-electron chi connectivity index (χ2n) is 10.7. The molecule has 0 bridgehead atoms. The summed E-state index contributed by atoms with van der Waals surface area (Å²) in [5, 5.41) is 64.2. The Balaban J connectivity index is 2.66. The number of hydrogen-bond acceptors (Lipinski definition) is 7. The fourth-order valence-corrected chi connectivity index (χ4v) is 4.88. The number of ether oxygens (including phenoxy) is 1. The summed E-state index contributed by atoms with van der Waals surface area (Å²) in [7, 11) is 0. The van der Waals surface area contributed by atoms with E-state index in [9.17, 15) is 30.6 Å². The Morgan fingerprint density at radius 3 is 1.43 bits per heavy atom. The van der Waals surface area contributed by atoms with Gasteiger partial charge in [-0.1, -0.05) is 78.8 Å². The average Bonchev–Trinajstić information content (AvgIpc) is 2.88. The Morgan fingerprint density at radius 2 is 1.00 bits per heavy atom. The molecule has 0 fully saturated rings. The molecule has 7 nitrogen and oxygen atoms in total. The second kappa shape index (κ2) is 15.3. The van der Waals surface area contributed by atoms with E-state index in [0.717, 1.165) is 5.56 Å². The van der Waals surface area contributed by atoms with Gasteiger partial charge >= 0.3 is 0 Å². The van der Waals surface area contributed by atoms with Gasteiger partial charge in [0, 0.05) is 35.5 Å². The summed E-state index contributed by atoms with van der Waals surface area (Å²) in [6.45, 7) is 13.0. The van der Waals surface area contributed by atoms with Crippen molar-refractivity contribution in [2.24, 2.45) is 35.5 Å². The third-order valence-corrected chi connectivity index (χ3v) is 7.95. The van der Waals surface area contributed by atoms with Crippen molar-refractivity contribution in [1.82, 2.24) is 0 Å². The maximum atomic E-state index is 10.9. The van der Waals surface area contributed by atoms with Crippen molar-refractivity contribution in [3.05, 3.63) is 35.9 Å². The zero-order valence-electron chi connectivity index (χ0n) is 22.5. The molecule has 35 heavy (non-hydrogen) atoms. The van der Waals surface area contributed by atoms with Crippen molar-refractivity contribution in [1.29, 1.82) is 0 Å². The van der Waals surface area contributed by atoms with Crippen molar-refractivity contribution in [2.45, 2.75) is 98.1 Å². The molecule has 1 unspecified atom stereocenters. The molecule has 0 radical (unpaired) electrons. The van der Waals surface area contributed by atoms with E-state index >= 15 is 0 Å². The van der Waals surface area contributed by atoms with Crippen molar-refractivity contribution in [3.8, 4) is 0 Å². The van der Waals surface area contributed by atoms with Crippen LogP contribution in [0.3, 0.4) is 0 Å². The molecule has 7 heteroatoms. The van der Waals surface area contributed by atoms with Crippen LogP contribution < -0.4 is 0 Å². The molecule has 0 heterocycles. The zero-order chi connectivity index (χ0) is 26.9. The highest BCUT2D eigenvalue weighted by atomic mass is 16.5. The van der Waals surface area contributed by atoms with Crippen LogP contribution >= 0.6 is 0 Å². The smallest absolute Gasteiger partial charge is 0.0717 e. The van der Waals surface area contributed by atoms with Crippen LogP contribution in [-0.2, 0) is 11.3 Å². The predicted molar refractivity (Wildman–Crippen MR) is 137 cm³/mol. The molecule has 0 amide bonds. The molecule has 6 N–H and O–H groups in total. The number of hydrogen-bond donors (Lipinski definition) is 6. The summed E-state index contributed by atoms with van der Waals surface area (Å²) in [5.41, 5.74) is 1.05. The van der Waals surface area contributed by atoms with E-state index in [2.05, 4.69) is 0 Å². The zero-order valence-corrected chi connectivity index (χ0v) is 22.5. The van der Waals surface area contributed by atoms with Crippen LogP contribution in [0, 0.1) is 35.5 Å². The van der Waals surface area contributed by atoms with Crippen molar-refractivity contribution in [2.75, 3.05) is 6.61 Å². The molecular weight excluding hydrogens is 448 g/mol. The van der Waals surface area contributed by atoms with E-state index in [4.69, 9.17) is 4.74 Å². The minimum Gasteiger partial charge on any atom is -0.393 e. The number of benzene rings is 1. The molecule has 0 saturated carbocycles. The van der Waals surface area contributed by atoms with Crippen LogP contribution in [0.25, 0.3) is 0 Å². The lowest BCUT2D eigenvalue weighted by Crippen LogP contribution is -2.48. The van der Waals surface area contributed by atoms with Crippen LogP contribution in [0.2, 0.25) is 0 Å². The minimum absolute atomic E-state index is 0.225. The van der Waals surface area contributed by atoms with Gasteiger partial charge < -0.3 is 35.4 Å². The van der Waals surface area contributed by atoms with Gasteiger partial charge in [0.1, 0.15) is 0 Å². The van der Waals surface area contributed by atoms with E-state index in [1.807, 2.05) is 44.2 Å². The van der Waals surface area contributed by atoms with Crippen LogP contribution in [0.15, 0.2) is 30.3 Å². The molecule has 1 rings (SSSR count). The highest BCUT2D eigenvalue weighted by molar-refractivity contribution is 5.13. The molecule has 0 saturated heterocycles. The second-order valence-corrected chi connectivity index (χ2v) is 10.7. The SMILES string of the molecule is CC[C@@H](O)[C@@H](C)[C@@H](O)[C@H](C)[C@@H](O)[C@@H](C)[C@@H](O)[C@H](C)C(O)[C@@H](C)[C@@H](O)[C@H](C)COCc1ccccc1. The van der Waals surface area contributed by atoms with Gasteiger partial charge in [0.25, 0.3) is 0 Å². The van der Waals surface area contributed by atoms with Gasteiger partial charge in [-0.2, -0.15) is 0 Å². The molecule has 0 spiro atoms. The molecule has 0 aliphatic rings. The normalized spacial score (nSPS) is 22.7. The van der Waals surface area contributed by atoms with E-state index in [-0.39, 0.29) is 5.92 Å². The monoisotopic (exact) mass is 498 g/mol. The minimum atomic E-state index is -1.06. The van der Waals surface area contributed by atoms with Gasteiger partial charge in [-0.05, 0) is 12.0 Å². The molecule has 0 aliphatic heterocycles. The van der Waals surface area contributed by atoms with Gasteiger partial charge in [0.05, 0.1) is 49.8 Å². The lowest BCUT2D eigenvalue weighted by molar-refractivity contribution is -0.110. The Labute approximate surface area is 211 Å². The molecule has 204 valence electrons. The molecular formula is C28H50O7. The van der Waals surface area contributed by atoms with Crippen molar-refractivity contribution < 1.29 is 35.4 Å². The highest BCUT2D eigenvalue weighted by Gasteiger charge is 2.40. The van der Waals surface area contributed by atoms with Gasteiger partial charge in [-0.15, -0.1) is 0 Å². The Kier molecular flexibility index (Phi) is 13.9. The molecule has 0 aromatic heterocycles. The fraction of sp³-hybridized carbons (Fsp3) is 0.786. The average molecular weight is 499 g/mol. The number of aliphatic hydroxyl groups is 6. The van der Waals surface area contributed by atoms with E-state index < -0.39 is 66.2 Å². The van der Waals surface area contributed by atoms with Crippen LogP contribution in [0.5, 0.6) is 0 Å². The molecule has 1 aromatic carbocycles. The summed E-state index contributed by atoms with van der Waals surface area (Å²) in [6, 6.07) is 9.76. The van der Waals surface area contributed by atoms with Gasteiger partial charge in [0.15, 0.2) is 0 Å². The van der Waals surface area contributed by atoms with Crippen molar-refractivity contribution >= 4 is 0 Å². The van der Waals surface area contributed by atoms with E-state index in [1.54, 1.807) is 34.6 Å². The quantitative estimate of drug-likeness (QED) is 0.207. The van der Waals surface area contributed by atoms with E-state index in [1.165, 1.54) is 0 Å². The lowest BCUT2D eigenvalue weighted by Gasteiger charge is -2.39. The number of rotatable bonds is 16. The summed E-state index contributed by atoms with van der Waals surface area (Å²) in [5.74, 6) is -3.00. The third kappa shape index (κ3) is 9.08. The van der Waals surface area contributed by atoms with Crippen LogP contribution in [0.1, 0.15) is 60.5 Å². The summed E-state index contributed by atoms with van der Waals surface area (Å²) < 4.78 is 5.74. The topological polar surface area (TPSA) is 131 Å². The maximum Gasteiger partial charge on any atom is 0.0717 e. The first-order chi connectivity index (χ1) is 16.3. The largest absolute Gasteiger partial charge is 0.393 e. The molecule has 0 aliphatic carbocycles. The predicted octanol–water partition coefficient (Wildman–Crippen LogP) is 2.60. The molecule has 12 atom stereocenters. The summed E-state index contributed by atoms with van der Waals surface area (Å²) in [4.78, 5) is 0. The standard InChI is InChI=1S/C28H50O7/c1-8-23(29)17(3)25(31)19(5)27(33)21(7)28(34)20(6)26(32)18(4)24(30)16(2)14-35-15-22-12-10-9-11-13-22/h9-13,16-21,23-34H,8,14-15H2,1-7H3/t16-,17-,18+,19+,20-,21-,23-,24+,25-,26?,27-,28+/m1/s1. The van der Waals surface area contributed by atoms with Gasteiger partial charge in [-0.3, -0.25) is 0 Å². The molecule has 1 aromatic rings. The Morgan fingerprint density at radius 1 is 0.600 bits per heavy atom. The lowest BCUT2D eigenvalue weighted by atomic mass is 9.75.